The molecule has 1 aliphatic rings. The Kier molecular flexibility index (Phi) is 7.56. The Labute approximate surface area is 130 Å². The number of guanidine groups is 1. The van der Waals surface area contributed by atoms with Crippen molar-refractivity contribution in [2.75, 3.05) is 32.9 Å². The first-order chi connectivity index (χ1) is 10.4. The van der Waals surface area contributed by atoms with Gasteiger partial charge in [-0.15, -0.1) is 0 Å². The van der Waals surface area contributed by atoms with E-state index in [1.807, 2.05) is 0 Å². The maximum Gasteiger partial charge on any atom is 0.191 e. The molecular formula is C15H25N3O2S. The highest BCUT2D eigenvalue weighted by atomic mass is 32.1. The van der Waals surface area contributed by atoms with E-state index in [0.29, 0.717) is 25.9 Å². The number of hydrogen-bond acceptors (Lipinski definition) is 4. The second-order valence-electron chi connectivity index (χ2n) is 4.96. The van der Waals surface area contributed by atoms with Gasteiger partial charge in [-0.1, -0.05) is 0 Å². The summed E-state index contributed by atoms with van der Waals surface area (Å²) in [5.74, 6) is 0.837. The molecule has 6 heteroatoms. The molecule has 1 unspecified atom stereocenters. The molecule has 0 aromatic carbocycles. The van der Waals surface area contributed by atoms with Crippen LogP contribution in [0.5, 0.6) is 0 Å². The molecule has 118 valence electrons. The van der Waals surface area contributed by atoms with Crippen molar-refractivity contribution < 1.29 is 9.47 Å². The highest BCUT2D eigenvalue weighted by Crippen LogP contribution is 2.11. The van der Waals surface area contributed by atoms with Gasteiger partial charge in [-0.25, -0.2) is 4.99 Å². The fraction of sp³-hybridized carbons (Fsp3) is 0.667. The summed E-state index contributed by atoms with van der Waals surface area (Å²) in [5, 5.41) is 10.7. The summed E-state index contributed by atoms with van der Waals surface area (Å²) in [7, 11) is 0. The van der Waals surface area contributed by atoms with Crippen molar-refractivity contribution in [3.63, 3.8) is 0 Å². The van der Waals surface area contributed by atoms with Crippen LogP contribution in [0.1, 0.15) is 25.3 Å². The van der Waals surface area contributed by atoms with Crippen molar-refractivity contribution in [3.05, 3.63) is 22.4 Å². The Hall–Kier alpha value is -1.11. The maximum absolute atomic E-state index is 5.63. The van der Waals surface area contributed by atoms with Crippen LogP contribution < -0.4 is 10.6 Å². The molecule has 2 rings (SSSR count). The number of ether oxygens (including phenoxy) is 2. The molecule has 1 saturated heterocycles. The van der Waals surface area contributed by atoms with Gasteiger partial charge >= 0.3 is 0 Å². The summed E-state index contributed by atoms with van der Waals surface area (Å²) in [6.45, 7) is 6.62. The van der Waals surface area contributed by atoms with Crippen LogP contribution in [-0.2, 0) is 16.0 Å². The SMILES string of the molecule is CCNC(=NCc1ccsc1)NCCOCC1CCCO1. The molecular weight excluding hydrogens is 286 g/mol. The average molecular weight is 311 g/mol. The van der Waals surface area contributed by atoms with Gasteiger partial charge in [-0.2, -0.15) is 11.3 Å². The predicted molar refractivity (Wildman–Crippen MR) is 86.9 cm³/mol. The van der Waals surface area contributed by atoms with E-state index in [2.05, 4.69) is 39.4 Å². The van der Waals surface area contributed by atoms with Crippen LogP contribution in [0, 0.1) is 0 Å². The minimum atomic E-state index is 0.297. The molecule has 0 spiro atoms. The number of rotatable bonds is 8. The fourth-order valence-corrected chi connectivity index (χ4v) is 2.79. The Morgan fingerprint density at radius 2 is 2.48 bits per heavy atom. The number of nitrogens with zero attached hydrogens (tertiary/aromatic N) is 1. The van der Waals surface area contributed by atoms with Gasteiger partial charge in [-0.3, -0.25) is 0 Å². The lowest BCUT2D eigenvalue weighted by Gasteiger charge is -2.13. The summed E-state index contributed by atoms with van der Waals surface area (Å²) in [4.78, 5) is 4.55. The van der Waals surface area contributed by atoms with Crippen LogP contribution in [-0.4, -0.2) is 45.0 Å². The lowest BCUT2D eigenvalue weighted by molar-refractivity contribution is 0.0191. The van der Waals surface area contributed by atoms with Gasteiger partial charge in [-0.05, 0) is 42.2 Å². The van der Waals surface area contributed by atoms with E-state index in [1.54, 1.807) is 11.3 Å². The lowest BCUT2D eigenvalue weighted by Crippen LogP contribution is -2.39. The van der Waals surface area contributed by atoms with Crippen LogP contribution in [0.4, 0.5) is 0 Å². The largest absolute Gasteiger partial charge is 0.377 e. The van der Waals surface area contributed by atoms with Crippen molar-refractivity contribution in [1.82, 2.24) is 10.6 Å². The third-order valence-corrected chi connectivity index (χ3v) is 3.94. The zero-order valence-electron chi connectivity index (χ0n) is 12.6. The van der Waals surface area contributed by atoms with Crippen molar-refractivity contribution in [2.45, 2.75) is 32.4 Å². The first-order valence-electron chi connectivity index (χ1n) is 7.61. The summed E-state index contributed by atoms with van der Waals surface area (Å²) in [6, 6.07) is 2.10. The minimum absolute atomic E-state index is 0.297. The molecule has 1 atom stereocenters. The summed E-state index contributed by atoms with van der Waals surface area (Å²) < 4.78 is 11.1. The molecule has 5 nitrogen and oxygen atoms in total. The van der Waals surface area contributed by atoms with Crippen molar-refractivity contribution in [2.24, 2.45) is 4.99 Å². The summed E-state index contributed by atoms with van der Waals surface area (Å²) >= 11 is 1.70. The number of aliphatic imine (C=N–C) groups is 1. The van der Waals surface area contributed by atoms with E-state index in [-0.39, 0.29) is 0 Å². The van der Waals surface area contributed by atoms with Crippen molar-refractivity contribution >= 4 is 17.3 Å². The van der Waals surface area contributed by atoms with Gasteiger partial charge in [0.25, 0.3) is 0 Å². The Morgan fingerprint density at radius 3 is 3.19 bits per heavy atom. The predicted octanol–water partition coefficient (Wildman–Crippen LogP) is 2.00. The maximum atomic E-state index is 5.63. The third-order valence-electron chi connectivity index (χ3n) is 3.21. The summed E-state index contributed by atoms with van der Waals surface area (Å²) in [6.07, 6.45) is 2.58. The molecule has 21 heavy (non-hydrogen) atoms. The molecule has 0 radical (unpaired) electrons. The van der Waals surface area contributed by atoms with Gasteiger partial charge in [0.2, 0.25) is 0 Å². The van der Waals surface area contributed by atoms with Gasteiger partial charge in [0, 0.05) is 19.7 Å². The summed E-state index contributed by atoms with van der Waals surface area (Å²) in [5.41, 5.74) is 1.24. The van der Waals surface area contributed by atoms with Gasteiger partial charge in [0.15, 0.2) is 5.96 Å². The molecule has 0 amide bonds. The highest BCUT2D eigenvalue weighted by Gasteiger charge is 2.14. The first kappa shape index (κ1) is 16.3. The molecule has 0 aliphatic carbocycles. The fourth-order valence-electron chi connectivity index (χ4n) is 2.13. The standard InChI is InChI=1S/C15H25N3O2S/c1-2-16-15(18-10-13-5-9-21-12-13)17-6-8-19-11-14-4-3-7-20-14/h5,9,12,14H,2-4,6-8,10-11H2,1H3,(H2,16,17,18). The average Bonchev–Trinajstić information content (AvgIpc) is 3.17. The van der Waals surface area contributed by atoms with Gasteiger partial charge < -0.3 is 20.1 Å². The highest BCUT2D eigenvalue weighted by molar-refractivity contribution is 7.07. The second-order valence-corrected chi connectivity index (χ2v) is 5.74. The smallest absolute Gasteiger partial charge is 0.191 e. The Balaban J connectivity index is 1.61. The van der Waals surface area contributed by atoms with Crippen molar-refractivity contribution in [1.29, 1.82) is 0 Å². The third kappa shape index (κ3) is 6.46. The molecule has 2 heterocycles. The molecule has 1 aromatic heterocycles. The molecule has 0 saturated carbocycles. The topological polar surface area (TPSA) is 54.9 Å². The van der Waals surface area contributed by atoms with E-state index in [9.17, 15) is 0 Å². The van der Waals surface area contributed by atoms with Gasteiger partial charge in [0.05, 0.1) is 25.9 Å². The van der Waals surface area contributed by atoms with E-state index in [0.717, 1.165) is 38.5 Å². The van der Waals surface area contributed by atoms with Crippen LogP contribution in [0.2, 0.25) is 0 Å². The Morgan fingerprint density at radius 1 is 1.52 bits per heavy atom. The molecule has 2 N–H and O–H groups in total. The molecule has 1 fully saturated rings. The van der Waals surface area contributed by atoms with Crippen LogP contribution >= 0.6 is 11.3 Å². The minimum Gasteiger partial charge on any atom is -0.377 e. The van der Waals surface area contributed by atoms with E-state index in [4.69, 9.17) is 9.47 Å². The number of nitrogens with one attached hydrogen (secondary N) is 2. The number of hydrogen-bond donors (Lipinski definition) is 2. The quantitative estimate of drug-likeness (QED) is 0.438. The van der Waals surface area contributed by atoms with Crippen LogP contribution in [0.25, 0.3) is 0 Å². The van der Waals surface area contributed by atoms with Gasteiger partial charge in [0.1, 0.15) is 0 Å². The zero-order chi connectivity index (χ0) is 14.8. The van der Waals surface area contributed by atoms with E-state index >= 15 is 0 Å². The van der Waals surface area contributed by atoms with Crippen molar-refractivity contribution in [3.8, 4) is 0 Å². The Bertz CT molecular complexity index is 403. The first-order valence-corrected chi connectivity index (χ1v) is 8.55. The molecule has 1 aliphatic heterocycles. The molecule has 0 bridgehead atoms. The zero-order valence-corrected chi connectivity index (χ0v) is 13.5. The number of thiophene rings is 1. The van der Waals surface area contributed by atoms with Crippen LogP contribution in [0.15, 0.2) is 21.8 Å². The second kappa shape index (κ2) is 9.76. The lowest BCUT2D eigenvalue weighted by atomic mass is 10.2. The van der Waals surface area contributed by atoms with Crippen LogP contribution in [0.3, 0.4) is 0 Å². The normalized spacial score (nSPS) is 18.9. The molecule has 1 aromatic rings. The van der Waals surface area contributed by atoms with E-state index in [1.165, 1.54) is 5.56 Å². The van der Waals surface area contributed by atoms with E-state index < -0.39 is 0 Å². The monoisotopic (exact) mass is 311 g/mol.